The summed E-state index contributed by atoms with van der Waals surface area (Å²) in [5.41, 5.74) is 4.06. The third-order valence-corrected chi connectivity index (χ3v) is 8.16. The van der Waals surface area contributed by atoms with Crippen LogP contribution in [0.4, 0.5) is 16.2 Å². The number of imidazole rings is 1. The lowest BCUT2D eigenvalue weighted by molar-refractivity contribution is -0.142. The maximum atomic E-state index is 16.1. The van der Waals surface area contributed by atoms with Gasteiger partial charge in [-0.15, -0.1) is 0 Å². The van der Waals surface area contributed by atoms with Gasteiger partial charge < -0.3 is 29.7 Å². The van der Waals surface area contributed by atoms with Gasteiger partial charge in [-0.05, 0) is 32.9 Å². The SMILES string of the molecule is COC(=O)[C@@H](C)N[P@@](=O)(Oc1ccccc1)O[C@@H](C)[C@H]1O[C@@H](n2cnc3c(N(C)C)nc(N)nc32)[C@](C)(F)[C@@H]1O. The Hall–Kier alpha value is -3.36. The first-order valence-electron chi connectivity index (χ1n) is 12.4. The number of hydrogen-bond acceptors (Lipinski definition) is 12. The van der Waals surface area contributed by atoms with E-state index in [0.29, 0.717) is 11.3 Å². The molecule has 1 aromatic carbocycles. The number of alkyl halides is 1. The molecule has 0 spiro atoms. The largest absolute Gasteiger partial charge is 0.468 e. The first-order chi connectivity index (χ1) is 18.8. The smallest absolute Gasteiger partial charge is 0.459 e. The topological polar surface area (TPSA) is 176 Å². The molecule has 0 bridgehead atoms. The molecule has 1 fully saturated rings. The Morgan fingerprint density at radius 3 is 2.60 bits per heavy atom. The van der Waals surface area contributed by atoms with E-state index in [1.165, 1.54) is 31.9 Å². The standard InChI is InChI=1S/C24H33FN7O7P/c1-13(21(34)36-6)30-40(35,39-15-10-8-7-9-11-15)38-14(2)17-18(33)24(3,25)22(37-17)32-12-27-16-19(31(4)5)28-23(26)29-20(16)32/h7-14,17-18,22,33H,1-6H3,(H,30,35)(H2,26,28,29)/t13-,14+,17-,18-,22-,24-,40+/m1/s1. The van der Waals surface area contributed by atoms with Gasteiger partial charge in [-0.3, -0.25) is 13.9 Å². The van der Waals surface area contributed by atoms with Gasteiger partial charge >= 0.3 is 13.7 Å². The molecule has 3 heterocycles. The van der Waals surface area contributed by atoms with Crippen LogP contribution < -0.4 is 20.2 Å². The van der Waals surface area contributed by atoms with Crippen molar-refractivity contribution in [1.29, 1.82) is 0 Å². The normalized spacial score (nSPS) is 25.8. The minimum absolute atomic E-state index is 0.0601. The van der Waals surface area contributed by atoms with Gasteiger partial charge in [0.25, 0.3) is 0 Å². The molecule has 0 unspecified atom stereocenters. The van der Waals surface area contributed by atoms with E-state index < -0.39 is 50.0 Å². The lowest BCUT2D eigenvalue weighted by Gasteiger charge is -2.29. The Balaban J connectivity index is 1.63. The summed E-state index contributed by atoms with van der Waals surface area (Å²) in [6.45, 7) is 4.01. The van der Waals surface area contributed by atoms with Crippen LogP contribution >= 0.6 is 7.75 Å². The van der Waals surface area contributed by atoms with Crippen LogP contribution in [0.15, 0.2) is 36.7 Å². The predicted octanol–water partition coefficient (Wildman–Crippen LogP) is 2.20. The molecule has 40 heavy (non-hydrogen) atoms. The highest BCUT2D eigenvalue weighted by molar-refractivity contribution is 7.52. The molecule has 16 heteroatoms. The number of nitrogens with one attached hydrogen (secondary N) is 1. The monoisotopic (exact) mass is 581 g/mol. The Morgan fingerprint density at radius 1 is 1.30 bits per heavy atom. The predicted molar refractivity (Wildman–Crippen MR) is 143 cm³/mol. The van der Waals surface area contributed by atoms with Crippen molar-refractivity contribution >= 4 is 36.6 Å². The van der Waals surface area contributed by atoms with Crippen LogP contribution in [0.2, 0.25) is 0 Å². The number of nitrogen functional groups attached to an aromatic ring is 1. The number of carbonyl (C=O) groups excluding carboxylic acids is 1. The summed E-state index contributed by atoms with van der Waals surface area (Å²) in [6, 6.07) is 7.04. The number of aliphatic hydroxyl groups is 1. The van der Waals surface area contributed by atoms with Crippen molar-refractivity contribution in [3.63, 3.8) is 0 Å². The van der Waals surface area contributed by atoms with Crippen LogP contribution in [-0.2, 0) is 23.4 Å². The summed E-state index contributed by atoms with van der Waals surface area (Å²) in [6.07, 6.45) is -4.36. The van der Waals surface area contributed by atoms with Gasteiger partial charge in [-0.2, -0.15) is 15.1 Å². The number of rotatable bonds is 10. The van der Waals surface area contributed by atoms with Crippen LogP contribution in [0.5, 0.6) is 5.75 Å². The number of methoxy groups -OCH3 is 1. The summed E-state index contributed by atoms with van der Waals surface area (Å²) < 4.78 is 53.3. The third kappa shape index (κ3) is 5.74. The molecule has 1 aliphatic heterocycles. The zero-order chi connectivity index (χ0) is 29.4. The molecule has 2 aromatic heterocycles. The summed E-state index contributed by atoms with van der Waals surface area (Å²) >= 11 is 0. The average molecular weight is 582 g/mol. The highest BCUT2D eigenvalue weighted by Gasteiger charge is 2.58. The van der Waals surface area contributed by atoms with E-state index >= 15 is 4.39 Å². The van der Waals surface area contributed by atoms with Gasteiger partial charge in [-0.1, -0.05) is 18.2 Å². The van der Waals surface area contributed by atoms with E-state index in [-0.39, 0.29) is 17.3 Å². The van der Waals surface area contributed by atoms with E-state index in [1.807, 2.05) is 0 Å². The number of anilines is 2. The molecule has 4 rings (SSSR count). The highest BCUT2D eigenvalue weighted by atomic mass is 31.2. The number of hydrogen-bond donors (Lipinski definition) is 3. The molecule has 218 valence electrons. The summed E-state index contributed by atoms with van der Waals surface area (Å²) in [5, 5.41) is 13.5. The average Bonchev–Trinajstić information content (AvgIpc) is 3.40. The maximum Gasteiger partial charge on any atom is 0.459 e. The Bertz CT molecular complexity index is 1410. The summed E-state index contributed by atoms with van der Waals surface area (Å²) in [5.74, 6) is -0.178. The molecule has 1 aliphatic rings. The first kappa shape index (κ1) is 29.6. The minimum Gasteiger partial charge on any atom is -0.468 e. The Kier molecular flexibility index (Phi) is 8.33. The fourth-order valence-corrected chi connectivity index (χ4v) is 6.07. The fraction of sp³-hybridized carbons (Fsp3) is 0.500. The lowest BCUT2D eigenvalue weighted by Crippen LogP contribution is -2.44. The Labute approximate surface area is 230 Å². The van der Waals surface area contributed by atoms with Crippen molar-refractivity contribution in [1.82, 2.24) is 24.6 Å². The van der Waals surface area contributed by atoms with Crippen LogP contribution in [0.3, 0.4) is 0 Å². The molecule has 14 nitrogen and oxygen atoms in total. The second-order valence-electron chi connectivity index (χ2n) is 9.76. The molecule has 0 aliphatic carbocycles. The number of benzene rings is 1. The molecule has 0 saturated carbocycles. The molecule has 4 N–H and O–H groups in total. The van der Waals surface area contributed by atoms with E-state index in [0.717, 1.165) is 6.92 Å². The summed E-state index contributed by atoms with van der Waals surface area (Å²) in [4.78, 5) is 26.4. The van der Waals surface area contributed by atoms with Crippen molar-refractivity contribution in [3.05, 3.63) is 36.7 Å². The lowest BCUT2D eigenvalue weighted by atomic mass is 9.96. The number of fused-ring (bicyclic) bond motifs is 1. The highest BCUT2D eigenvalue weighted by Crippen LogP contribution is 2.50. The van der Waals surface area contributed by atoms with Gasteiger partial charge in [-0.25, -0.2) is 13.9 Å². The first-order valence-corrected chi connectivity index (χ1v) is 13.9. The van der Waals surface area contributed by atoms with Crippen molar-refractivity contribution in [2.24, 2.45) is 0 Å². The van der Waals surface area contributed by atoms with Gasteiger partial charge in [0, 0.05) is 14.1 Å². The van der Waals surface area contributed by atoms with Crippen molar-refractivity contribution in [2.45, 2.75) is 57.0 Å². The number of esters is 1. The number of aliphatic hydroxyl groups excluding tert-OH is 1. The van der Waals surface area contributed by atoms with Crippen molar-refractivity contribution < 1.29 is 37.4 Å². The fourth-order valence-electron chi connectivity index (χ4n) is 4.37. The van der Waals surface area contributed by atoms with Gasteiger partial charge in [0.05, 0.1) is 19.5 Å². The maximum absolute atomic E-state index is 16.1. The molecular formula is C24H33FN7O7P. The van der Waals surface area contributed by atoms with Crippen LogP contribution in [0, 0.1) is 0 Å². The minimum atomic E-state index is -4.31. The van der Waals surface area contributed by atoms with Crippen LogP contribution in [0.25, 0.3) is 11.2 Å². The van der Waals surface area contributed by atoms with Gasteiger partial charge in [0.1, 0.15) is 24.0 Å². The quantitative estimate of drug-likeness (QED) is 0.235. The van der Waals surface area contributed by atoms with Crippen molar-refractivity contribution in [3.8, 4) is 5.75 Å². The number of carbonyl (C=O) groups is 1. The molecule has 3 aromatic rings. The zero-order valence-corrected chi connectivity index (χ0v) is 23.8. The van der Waals surface area contributed by atoms with Crippen molar-refractivity contribution in [2.75, 3.05) is 31.8 Å². The van der Waals surface area contributed by atoms with Gasteiger partial charge in [0.15, 0.2) is 28.9 Å². The number of nitrogens with two attached hydrogens (primary N) is 1. The number of nitrogens with zero attached hydrogens (tertiary/aromatic N) is 5. The van der Waals surface area contributed by atoms with Crippen LogP contribution in [0.1, 0.15) is 27.0 Å². The number of para-hydroxylation sites is 1. The number of halogens is 1. The second-order valence-corrected chi connectivity index (χ2v) is 11.4. The van der Waals surface area contributed by atoms with E-state index in [2.05, 4.69) is 20.0 Å². The van der Waals surface area contributed by atoms with E-state index in [1.54, 1.807) is 49.3 Å². The second kappa shape index (κ2) is 11.3. The van der Waals surface area contributed by atoms with Crippen LogP contribution in [-0.4, -0.2) is 81.8 Å². The van der Waals surface area contributed by atoms with Gasteiger partial charge in [0.2, 0.25) is 5.95 Å². The van der Waals surface area contributed by atoms with E-state index in [4.69, 9.17) is 24.3 Å². The molecule has 7 atom stereocenters. The molecule has 0 radical (unpaired) electrons. The number of aromatic nitrogens is 4. The number of ether oxygens (including phenoxy) is 2. The van der Waals surface area contributed by atoms with E-state index in [9.17, 15) is 14.5 Å². The molecule has 0 amide bonds. The molecular weight excluding hydrogens is 548 g/mol. The zero-order valence-electron chi connectivity index (χ0n) is 22.9. The molecule has 1 saturated heterocycles. The summed E-state index contributed by atoms with van der Waals surface area (Å²) in [7, 11) is 0.358. The third-order valence-electron chi connectivity index (χ3n) is 6.40. The Morgan fingerprint density at radius 2 is 1.98 bits per heavy atom.